The van der Waals surface area contributed by atoms with Gasteiger partial charge in [0.1, 0.15) is 5.84 Å². The molecule has 1 aliphatic rings. The molecule has 88 valence electrons. The van der Waals surface area contributed by atoms with Gasteiger partial charge in [-0.15, -0.1) is 0 Å². The van der Waals surface area contributed by atoms with Crippen molar-refractivity contribution in [2.24, 2.45) is 10.8 Å². The van der Waals surface area contributed by atoms with Crippen molar-refractivity contribution in [2.45, 2.75) is 27.2 Å². The number of rotatable bonds is 1. The van der Waals surface area contributed by atoms with Gasteiger partial charge >= 0.3 is 0 Å². The van der Waals surface area contributed by atoms with Crippen molar-refractivity contribution in [3.8, 4) is 0 Å². The molecule has 0 aliphatic carbocycles. The molecule has 0 unspecified atom stereocenters. The lowest BCUT2D eigenvalue weighted by molar-refractivity contribution is 0.921. The number of benzene rings is 1. The van der Waals surface area contributed by atoms with Crippen LogP contribution in [0.5, 0.6) is 0 Å². The van der Waals surface area contributed by atoms with E-state index in [-0.39, 0.29) is 0 Å². The normalized spacial score (nSPS) is 14.2. The predicted octanol–water partition coefficient (Wildman–Crippen LogP) is 3.16. The standard InChI is InChI=1S/C10H12ClN3.C2H6/c1-7-6-8(2-3-9(7)11)14-5-4-10(12)13-14;1-2/h2-3,6H,4-5H2,1H3,(H2,12,13);1-2H3. The second-order valence-corrected chi connectivity index (χ2v) is 3.81. The SMILES string of the molecule is CC.Cc1cc(N2CCC(N)=N2)ccc1Cl. The van der Waals surface area contributed by atoms with E-state index < -0.39 is 0 Å². The van der Waals surface area contributed by atoms with Crippen LogP contribution in [-0.4, -0.2) is 12.4 Å². The summed E-state index contributed by atoms with van der Waals surface area (Å²) in [5.41, 5.74) is 7.72. The Morgan fingerprint density at radius 2 is 2.06 bits per heavy atom. The molecule has 0 aromatic heterocycles. The van der Waals surface area contributed by atoms with E-state index in [9.17, 15) is 0 Å². The molecule has 2 N–H and O–H groups in total. The Balaban J connectivity index is 0.000000606. The minimum atomic E-state index is 0.692. The van der Waals surface area contributed by atoms with Crippen LogP contribution in [0.25, 0.3) is 0 Å². The molecule has 1 aliphatic heterocycles. The Morgan fingerprint density at radius 1 is 1.38 bits per heavy atom. The maximum atomic E-state index is 5.94. The molecule has 1 heterocycles. The highest BCUT2D eigenvalue weighted by atomic mass is 35.5. The predicted molar refractivity (Wildman–Crippen MR) is 71.1 cm³/mol. The molecule has 0 spiro atoms. The van der Waals surface area contributed by atoms with Gasteiger partial charge in [-0.25, -0.2) is 0 Å². The Labute approximate surface area is 102 Å². The summed E-state index contributed by atoms with van der Waals surface area (Å²) in [5, 5.41) is 6.90. The molecule has 4 heteroatoms. The maximum absolute atomic E-state index is 5.94. The van der Waals surface area contributed by atoms with Gasteiger partial charge in [-0.2, -0.15) is 5.10 Å². The van der Waals surface area contributed by atoms with Crippen LogP contribution in [0.2, 0.25) is 5.02 Å². The maximum Gasteiger partial charge on any atom is 0.122 e. The smallest absolute Gasteiger partial charge is 0.122 e. The van der Waals surface area contributed by atoms with E-state index in [0.717, 1.165) is 29.2 Å². The fourth-order valence-electron chi connectivity index (χ4n) is 1.45. The van der Waals surface area contributed by atoms with E-state index in [1.807, 2.05) is 44.0 Å². The summed E-state index contributed by atoms with van der Waals surface area (Å²) < 4.78 is 0. The number of nitrogens with zero attached hydrogens (tertiary/aromatic N) is 2. The molecule has 16 heavy (non-hydrogen) atoms. The molecule has 2 rings (SSSR count). The topological polar surface area (TPSA) is 41.6 Å². The molecular formula is C12H18ClN3. The fourth-order valence-corrected chi connectivity index (χ4v) is 1.57. The average molecular weight is 240 g/mol. The molecule has 0 saturated carbocycles. The number of hydrazone groups is 1. The Hall–Kier alpha value is -1.22. The minimum absolute atomic E-state index is 0.692. The quantitative estimate of drug-likeness (QED) is 0.818. The minimum Gasteiger partial charge on any atom is -0.386 e. The van der Waals surface area contributed by atoms with Crippen LogP contribution in [-0.2, 0) is 0 Å². The van der Waals surface area contributed by atoms with Crippen molar-refractivity contribution < 1.29 is 0 Å². The lowest BCUT2D eigenvalue weighted by atomic mass is 10.2. The first kappa shape index (κ1) is 12.8. The second-order valence-electron chi connectivity index (χ2n) is 3.40. The number of aryl methyl sites for hydroxylation is 1. The Morgan fingerprint density at radius 3 is 2.56 bits per heavy atom. The zero-order valence-corrected chi connectivity index (χ0v) is 10.8. The van der Waals surface area contributed by atoms with Crippen LogP contribution >= 0.6 is 11.6 Å². The lowest BCUT2D eigenvalue weighted by Crippen LogP contribution is -2.11. The summed E-state index contributed by atoms with van der Waals surface area (Å²) in [5.74, 6) is 0.692. The zero-order chi connectivity index (χ0) is 12.1. The number of amidine groups is 1. The molecule has 0 saturated heterocycles. The van der Waals surface area contributed by atoms with Gasteiger partial charge in [-0.05, 0) is 30.7 Å². The summed E-state index contributed by atoms with van der Waals surface area (Å²) in [6.45, 7) is 6.84. The van der Waals surface area contributed by atoms with Crippen LogP contribution < -0.4 is 10.7 Å². The van der Waals surface area contributed by atoms with Gasteiger partial charge in [0.25, 0.3) is 0 Å². The van der Waals surface area contributed by atoms with Crippen LogP contribution in [0.3, 0.4) is 0 Å². The van der Waals surface area contributed by atoms with Crippen molar-refractivity contribution in [3.63, 3.8) is 0 Å². The van der Waals surface area contributed by atoms with E-state index in [0.29, 0.717) is 5.84 Å². The summed E-state index contributed by atoms with van der Waals surface area (Å²) in [7, 11) is 0. The van der Waals surface area contributed by atoms with E-state index in [2.05, 4.69) is 5.10 Å². The number of hydrogen-bond donors (Lipinski definition) is 1. The number of hydrogen-bond acceptors (Lipinski definition) is 3. The van der Waals surface area contributed by atoms with Gasteiger partial charge in [0, 0.05) is 18.0 Å². The van der Waals surface area contributed by atoms with Crippen LogP contribution in [0.4, 0.5) is 5.69 Å². The summed E-state index contributed by atoms with van der Waals surface area (Å²) >= 11 is 5.94. The van der Waals surface area contributed by atoms with Crippen molar-refractivity contribution in [2.75, 3.05) is 11.6 Å². The number of nitrogens with two attached hydrogens (primary N) is 1. The first-order chi connectivity index (χ1) is 7.66. The molecule has 0 fully saturated rings. The summed E-state index contributed by atoms with van der Waals surface area (Å²) in [4.78, 5) is 0. The van der Waals surface area contributed by atoms with Crippen molar-refractivity contribution in [3.05, 3.63) is 28.8 Å². The molecule has 0 radical (unpaired) electrons. The highest BCUT2D eigenvalue weighted by Gasteiger charge is 2.13. The number of halogens is 1. The highest BCUT2D eigenvalue weighted by Crippen LogP contribution is 2.24. The van der Waals surface area contributed by atoms with E-state index in [1.54, 1.807) is 0 Å². The van der Waals surface area contributed by atoms with Crippen LogP contribution in [0.1, 0.15) is 25.8 Å². The summed E-state index contributed by atoms with van der Waals surface area (Å²) in [6, 6.07) is 5.86. The molecule has 0 atom stereocenters. The third kappa shape index (κ3) is 2.89. The lowest BCUT2D eigenvalue weighted by Gasteiger charge is -2.14. The molecule has 0 bridgehead atoms. The molecular weight excluding hydrogens is 222 g/mol. The van der Waals surface area contributed by atoms with Crippen molar-refractivity contribution >= 4 is 23.1 Å². The van der Waals surface area contributed by atoms with Crippen molar-refractivity contribution in [1.29, 1.82) is 0 Å². The zero-order valence-electron chi connectivity index (χ0n) is 10.00. The van der Waals surface area contributed by atoms with E-state index in [1.165, 1.54) is 0 Å². The second kappa shape index (κ2) is 5.75. The highest BCUT2D eigenvalue weighted by molar-refractivity contribution is 6.31. The van der Waals surface area contributed by atoms with Gasteiger partial charge in [-0.1, -0.05) is 25.4 Å². The van der Waals surface area contributed by atoms with Gasteiger partial charge in [-0.3, -0.25) is 5.01 Å². The van der Waals surface area contributed by atoms with Gasteiger partial charge < -0.3 is 5.73 Å². The molecule has 1 aromatic carbocycles. The third-order valence-electron chi connectivity index (χ3n) is 2.27. The molecule has 1 aromatic rings. The first-order valence-electron chi connectivity index (χ1n) is 5.53. The molecule has 3 nitrogen and oxygen atoms in total. The van der Waals surface area contributed by atoms with E-state index >= 15 is 0 Å². The van der Waals surface area contributed by atoms with Gasteiger partial charge in [0.05, 0.1) is 5.69 Å². The Bertz CT molecular complexity index is 388. The van der Waals surface area contributed by atoms with Gasteiger partial charge in [0.2, 0.25) is 0 Å². The molecule has 0 amide bonds. The van der Waals surface area contributed by atoms with Gasteiger partial charge in [0.15, 0.2) is 0 Å². The largest absolute Gasteiger partial charge is 0.386 e. The monoisotopic (exact) mass is 239 g/mol. The summed E-state index contributed by atoms with van der Waals surface area (Å²) in [6.07, 6.45) is 0.835. The number of anilines is 1. The van der Waals surface area contributed by atoms with Crippen molar-refractivity contribution in [1.82, 2.24) is 0 Å². The van der Waals surface area contributed by atoms with Crippen LogP contribution in [0, 0.1) is 6.92 Å². The third-order valence-corrected chi connectivity index (χ3v) is 2.69. The first-order valence-corrected chi connectivity index (χ1v) is 5.91. The fraction of sp³-hybridized carbons (Fsp3) is 0.417. The Kier molecular flexibility index (Phi) is 4.62. The van der Waals surface area contributed by atoms with E-state index in [4.69, 9.17) is 17.3 Å². The average Bonchev–Trinajstić information content (AvgIpc) is 2.72. The van der Waals surface area contributed by atoms with Crippen LogP contribution in [0.15, 0.2) is 23.3 Å².